The van der Waals surface area contributed by atoms with Gasteiger partial charge in [-0.2, -0.15) is 4.98 Å². The number of nitrogens with zero attached hydrogens (tertiary/aromatic N) is 2. The second kappa shape index (κ2) is 13.2. The predicted molar refractivity (Wildman–Crippen MR) is 183 cm³/mol. The number of hydrogen-bond acceptors (Lipinski definition) is 7. The predicted octanol–water partition coefficient (Wildman–Crippen LogP) is 6.61. The molecule has 5 rings (SSSR count). The highest BCUT2D eigenvalue weighted by molar-refractivity contribution is 6.99. The van der Waals surface area contributed by atoms with E-state index < -0.39 is 13.7 Å². The van der Waals surface area contributed by atoms with Crippen LogP contribution in [0.3, 0.4) is 0 Å². The number of rotatable bonds is 10. The number of ether oxygens (including phenoxy) is 2. The molecule has 45 heavy (non-hydrogen) atoms. The van der Waals surface area contributed by atoms with Crippen molar-refractivity contribution in [2.24, 2.45) is 17.3 Å². The van der Waals surface area contributed by atoms with E-state index in [0.717, 1.165) is 37.1 Å². The van der Waals surface area contributed by atoms with Crippen LogP contribution in [0, 0.1) is 31.1 Å². The standard InChI is InChI=1S/C37H51N3O4Si/c1-25-31-34(39-26(2)38-25)44-33-28(21-23-42-35(41)36(3,4)5)24-27(32(33)40-31)16-15-22-43-45(37(6,7)8,29-17-11-9-12-18-29)30-19-13-10-14-20-30/h9-14,17-20,27-28,32-33,40H,15-16,21-24H2,1-8H3/t27-,28-,32-,33+/m1/s1. The molecule has 2 heterocycles. The van der Waals surface area contributed by atoms with Gasteiger partial charge in [0.05, 0.1) is 23.8 Å². The lowest BCUT2D eigenvalue weighted by Gasteiger charge is -2.43. The molecule has 1 fully saturated rings. The SMILES string of the molecule is Cc1nc(C)c2c(n1)O[C@H]1[C@H](CCOC(=O)C(C)(C)C)C[C@@H](CCCO[Si](c3ccccc3)(c3ccccc3)C(C)(C)C)[C@H]1N2. The van der Waals surface area contributed by atoms with E-state index in [0.29, 0.717) is 30.8 Å². The molecule has 242 valence electrons. The lowest BCUT2D eigenvalue weighted by molar-refractivity contribution is -0.153. The third kappa shape index (κ3) is 6.97. The summed E-state index contributed by atoms with van der Waals surface area (Å²) in [7, 11) is -2.58. The van der Waals surface area contributed by atoms with E-state index in [1.54, 1.807) is 0 Å². The molecule has 0 unspecified atom stereocenters. The molecular formula is C37H51N3O4Si. The lowest BCUT2D eigenvalue weighted by atomic mass is 9.96. The van der Waals surface area contributed by atoms with Crippen LogP contribution in [0.2, 0.25) is 5.04 Å². The van der Waals surface area contributed by atoms with Crippen LogP contribution in [0.15, 0.2) is 60.7 Å². The number of esters is 1. The summed E-state index contributed by atoms with van der Waals surface area (Å²) in [4.78, 5) is 21.7. The average Bonchev–Trinajstić information content (AvgIpc) is 3.32. The van der Waals surface area contributed by atoms with E-state index >= 15 is 0 Å². The van der Waals surface area contributed by atoms with Gasteiger partial charge in [0.1, 0.15) is 17.6 Å². The number of carbonyl (C=O) groups is 1. The van der Waals surface area contributed by atoms with Crippen molar-refractivity contribution in [3.8, 4) is 5.88 Å². The molecule has 8 heteroatoms. The molecule has 0 spiro atoms. The molecule has 0 radical (unpaired) electrons. The van der Waals surface area contributed by atoms with E-state index in [-0.39, 0.29) is 29.1 Å². The zero-order valence-electron chi connectivity index (χ0n) is 28.4. The molecule has 1 aliphatic heterocycles. The molecule has 7 nitrogen and oxygen atoms in total. The number of fused-ring (bicyclic) bond motifs is 2. The van der Waals surface area contributed by atoms with Crippen molar-refractivity contribution < 1.29 is 18.7 Å². The quantitative estimate of drug-likeness (QED) is 0.154. The first-order valence-corrected chi connectivity index (χ1v) is 18.4. The Morgan fingerprint density at radius 1 is 0.889 bits per heavy atom. The summed E-state index contributed by atoms with van der Waals surface area (Å²) in [5.41, 5.74) is 1.29. The summed E-state index contributed by atoms with van der Waals surface area (Å²) in [6.07, 6.45) is 3.67. The third-order valence-electron chi connectivity index (χ3n) is 9.45. The lowest BCUT2D eigenvalue weighted by Crippen LogP contribution is -2.66. The molecule has 4 atom stereocenters. The minimum absolute atomic E-state index is 0.0397. The highest BCUT2D eigenvalue weighted by Crippen LogP contribution is 2.45. The average molecular weight is 630 g/mol. The molecular weight excluding hydrogens is 579 g/mol. The van der Waals surface area contributed by atoms with Crippen molar-refractivity contribution in [1.82, 2.24) is 9.97 Å². The fraction of sp³-hybridized carbons (Fsp3) is 0.541. The molecule has 0 saturated heterocycles. The molecule has 0 bridgehead atoms. The number of aromatic nitrogens is 2. The second-order valence-electron chi connectivity index (χ2n) is 14.9. The Kier molecular flexibility index (Phi) is 9.75. The Morgan fingerprint density at radius 3 is 2.09 bits per heavy atom. The summed E-state index contributed by atoms with van der Waals surface area (Å²) in [6, 6.07) is 21.8. The van der Waals surface area contributed by atoms with Crippen molar-refractivity contribution in [3.05, 3.63) is 72.2 Å². The van der Waals surface area contributed by atoms with Crippen LogP contribution in [-0.2, 0) is 14.0 Å². The van der Waals surface area contributed by atoms with Gasteiger partial charge in [0.2, 0.25) is 5.88 Å². The minimum atomic E-state index is -2.58. The Hall–Kier alpha value is -3.23. The highest BCUT2D eigenvalue weighted by atomic mass is 28.4. The van der Waals surface area contributed by atoms with Gasteiger partial charge in [0.15, 0.2) is 0 Å². The number of hydrogen-bond donors (Lipinski definition) is 1. The summed E-state index contributed by atoms with van der Waals surface area (Å²) < 4.78 is 19.5. The van der Waals surface area contributed by atoms with Gasteiger partial charge in [0.25, 0.3) is 8.32 Å². The zero-order chi connectivity index (χ0) is 32.4. The fourth-order valence-electron chi connectivity index (χ4n) is 7.26. The summed E-state index contributed by atoms with van der Waals surface area (Å²) in [5, 5.41) is 6.36. The fourth-order valence-corrected chi connectivity index (χ4v) is 11.9. The van der Waals surface area contributed by atoms with Crippen molar-refractivity contribution in [2.45, 2.75) is 98.3 Å². The third-order valence-corrected chi connectivity index (χ3v) is 14.5. The first kappa shape index (κ1) is 33.1. The van der Waals surface area contributed by atoms with Crippen LogP contribution in [0.5, 0.6) is 5.88 Å². The first-order valence-electron chi connectivity index (χ1n) is 16.5. The van der Waals surface area contributed by atoms with Crippen LogP contribution in [0.4, 0.5) is 5.69 Å². The number of aryl methyl sites for hydroxylation is 2. The van der Waals surface area contributed by atoms with Crippen LogP contribution in [-0.4, -0.2) is 49.6 Å². The van der Waals surface area contributed by atoms with Gasteiger partial charge in [-0.25, -0.2) is 4.98 Å². The smallest absolute Gasteiger partial charge is 0.311 e. The molecule has 2 aliphatic rings. The topological polar surface area (TPSA) is 82.6 Å². The van der Waals surface area contributed by atoms with E-state index in [1.165, 1.54) is 10.4 Å². The maximum atomic E-state index is 12.5. The van der Waals surface area contributed by atoms with Gasteiger partial charge in [-0.3, -0.25) is 4.79 Å². The Morgan fingerprint density at radius 2 is 1.51 bits per heavy atom. The second-order valence-corrected chi connectivity index (χ2v) is 19.2. The maximum Gasteiger partial charge on any atom is 0.311 e. The van der Waals surface area contributed by atoms with Gasteiger partial charge in [-0.15, -0.1) is 0 Å². The Bertz CT molecular complexity index is 1410. The normalized spacial score (nSPS) is 21.3. The molecule has 1 saturated carbocycles. The van der Waals surface area contributed by atoms with Gasteiger partial charge in [0, 0.05) is 12.5 Å². The van der Waals surface area contributed by atoms with Gasteiger partial charge < -0.3 is 19.2 Å². The summed E-state index contributed by atoms with van der Waals surface area (Å²) in [6.45, 7) is 17.6. The van der Waals surface area contributed by atoms with E-state index in [2.05, 4.69) is 96.7 Å². The molecule has 1 N–H and O–H groups in total. The number of anilines is 1. The van der Waals surface area contributed by atoms with Crippen molar-refractivity contribution >= 4 is 30.3 Å². The summed E-state index contributed by atoms with van der Waals surface area (Å²) >= 11 is 0. The minimum Gasteiger partial charge on any atom is -0.470 e. The Labute approximate surface area is 270 Å². The van der Waals surface area contributed by atoms with Crippen molar-refractivity contribution in [3.63, 3.8) is 0 Å². The largest absolute Gasteiger partial charge is 0.470 e. The summed E-state index contributed by atoms with van der Waals surface area (Å²) in [5.74, 6) is 1.81. The highest BCUT2D eigenvalue weighted by Gasteiger charge is 2.51. The maximum absolute atomic E-state index is 12.5. The molecule has 1 aromatic heterocycles. The van der Waals surface area contributed by atoms with Crippen LogP contribution in [0.1, 0.15) is 78.7 Å². The number of nitrogens with one attached hydrogen (secondary N) is 1. The number of benzene rings is 2. The van der Waals surface area contributed by atoms with Crippen LogP contribution < -0.4 is 20.4 Å². The monoisotopic (exact) mass is 629 g/mol. The molecule has 2 aromatic carbocycles. The van der Waals surface area contributed by atoms with Gasteiger partial charge >= 0.3 is 5.97 Å². The first-order chi connectivity index (χ1) is 21.3. The Balaban J connectivity index is 1.33. The van der Waals surface area contributed by atoms with Crippen molar-refractivity contribution in [2.75, 3.05) is 18.5 Å². The van der Waals surface area contributed by atoms with Crippen LogP contribution >= 0.6 is 0 Å². The van der Waals surface area contributed by atoms with Crippen molar-refractivity contribution in [1.29, 1.82) is 0 Å². The van der Waals surface area contributed by atoms with E-state index in [1.807, 2.05) is 34.6 Å². The van der Waals surface area contributed by atoms with Gasteiger partial charge in [-0.1, -0.05) is 81.4 Å². The van der Waals surface area contributed by atoms with E-state index in [9.17, 15) is 4.79 Å². The van der Waals surface area contributed by atoms with Crippen LogP contribution in [0.25, 0.3) is 0 Å². The number of carbonyl (C=O) groups excluding carboxylic acids is 1. The van der Waals surface area contributed by atoms with E-state index in [4.69, 9.17) is 13.9 Å². The molecule has 3 aromatic rings. The molecule has 1 aliphatic carbocycles. The zero-order valence-corrected chi connectivity index (χ0v) is 29.4. The van der Waals surface area contributed by atoms with Gasteiger partial charge in [-0.05, 0) is 81.6 Å². The molecule has 0 amide bonds.